The van der Waals surface area contributed by atoms with E-state index < -0.39 is 17.8 Å². The Morgan fingerprint density at radius 1 is 1.03 bits per heavy atom. The Morgan fingerprint density at radius 3 is 2.45 bits per heavy atom. The molecule has 1 aliphatic carbocycles. The van der Waals surface area contributed by atoms with E-state index in [0.29, 0.717) is 9.75 Å². The summed E-state index contributed by atoms with van der Waals surface area (Å²) in [7, 11) is 0. The summed E-state index contributed by atoms with van der Waals surface area (Å²) in [5.74, 6) is -1.72. The van der Waals surface area contributed by atoms with Crippen LogP contribution >= 0.6 is 22.7 Å². The molecule has 1 saturated carbocycles. The lowest BCUT2D eigenvalue weighted by Crippen LogP contribution is -2.49. The van der Waals surface area contributed by atoms with E-state index in [4.69, 9.17) is 0 Å². The fourth-order valence-corrected chi connectivity index (χ4v) is 5.42. The third-order valence-corrected chi connectivity index (χ3v) is 7.31. The van der Waals surface area contributed by atoms with Crippen molar-refractivity contribution in [3.63, 3.8) is 0 Å². The van der Waals surface area contributed by atoms with Gasteiger partial charge in [-0.1, -0.05) is 31.0 Å². The van der Waals surface area contributed by atoms with Gasteiger partial charge in [-0.2, -0.15) is 0 Å². The minimum atomic E-state index is -0.974. The molecule has 33 heavy (non-hydrogen) atoms. The van der Waals surface area contributed by atoms with Gasteiger partial charge in [0, 0.05) is 16.6 Å². The van der Waals surface area contributed by atoms with Crippen molar-refractivity contribution in [2.45, 2.75) is 37.8 Å². The topological polar surface area (TPSA) is 78.5 Å². The largest absolute Gasteiger partial charge is 0.351 e. The summed E-state index contributed by atoms with van der Waals surface area (Å²) >= 11 is 2.62. The molecule has 1 atom stereocenters. The zero-order valence-corrected chi connectivity index (χ0v) is 19.5. The molecule has 1 aliphatic rings. The van der Waals surface area contributed by atoms with Gasteiger partial charge in [-0.05, 0) is 53.9 Å². The maximum Gasteiger partial charge on any atom is 0.261 e. The molecule has 0 radical (unpaired) electrons. The van der Waals surface area contributed by atoms with E-state index in [9.17, 15) is 18.8 Å². The molecule has 172 valence electrons. The smallest absolute Gasteiger partial charge is 0.261 e. The van der Waals surface area contributed by atoms with Gasteiger partial charge in [-0.3, -0.25) is 19.3 Å². The first-order valence-electron chi connectivity index (χ1n) is 10.8. The number of anilines is 1. The van der Waals surface area contributed by atoms with E-state index in [0.717, 1.165) is 25.7 Å². The summed E-state index contributed by atoms with van der Waals surface area (Å²) in [6.07, 6.45) is 3.90. The van der Waals surface area contributed by atoms with Crippen molar-refractivity contribution in [1.29, 1.82) is 0 Å². The fourth-order valence-electron chi connectivity index (χ4n) is 3.97. The lowest BCUT2D eigenvalue weighted by molar-refractivity contribution is -0.126. The van der Waals surface area contributed by atoms with Crippen molar-refractivity contribution >= 4 is 46.1 Å². The summed E-state index contributed by atoms with van der Waals surface area (Å²) < 4.78 is 14.1. The molecule has 1 fully saturated rings. The van der Waals surface area contributed by atoms with Crippen LogP contribution in [0.5, 0.6) is 0 Å². The molecule has 0 bridgehead atoms. The van der Waals surface area contributed by atoms with Gasteiger partial charge < -0.3 is 10.6 Å². The minimum Gasteiger partial charge on any atom is -0.351 e. The van der Waals surface area contributed by atoms with Crippen molar-refractivity contribution < 1.29 is 18.8 Å². The number of nitrogens with zero attached hydrogens (tertiary/aromatic N) is 1. The van der Waals surface area contributed by atoms with Gasteiger partial charge in [0.15, 0.2) is 0 Å². The van der Waals surface area contributed by atoms with Crippen molar-refractivity contribution in [2.24, 2.45) is 0 Å². The highest BCUT2D eigenvalue weighted by Gasteiger charge is 2.35. The molecule has 2 heterocycles. The van der Waals surface area contributed by atoms with Crippen LogP contribution in [0.15, 0.2) is 59.3 Å². The molecule has 0 saturated heterocycles. The number of halogens is 1. The summed E-state index contributed by atoms with van der Waals surface area (Å²) in [4.78, 5) is 41.7. The minimum absolute atomic E-state index is 0.0583. The molecular formula is C24H24FN3O3S2. The van der Waals surface area contributed by atoms with Crippen LogP contribution in [-0.4, -0.2) is 30.3 Å². The Labute approximate surface area is 199 Å². The second kappa shape index (κ2) is 10.7. The van der Waals surface area contributed by atoms with Gasteiger partial charge >= 0.3 is 0 Å². The van der Waals surface area contributed by atoms with E-state index >= 15 is 0 Å². The molecule has 6 nitrogen and oxygen atoms in total. The average Bonchev–Trinajstić information content (AvgIpc) is 3.58. The third-order valence-electron chi connectivity index (χ3n) is 5.52. The zero-order valence-electron chi connectivity index (χ0n) is 17.8. The van der Waals surface area contributed by atoms with E-state index in [-0.39, 0.29) is 30.1 Å². The van der Waals surface area contributed by atoms with E-state index in [2.05, 4.69) is 10.6 Å². The molecule has 9 heteroatoms. The number of carbonyl (C=O) groups excluding carboxylic acids is 3. The van der Waals surface area contributed by atoms with E-state index in [1.165, 1.54) is 45.8 Å². The third kappa shape index (κ3) is 5.66. The van der Waals surface area contributed by atoms with Crippen molar-refractivity contribution in [3.05, 3.63) is 74.9 Å². The molecule has 2 N–H and O–H groups in total. The van der Waals surface area contributed by atoms with Gasteiger partial charge in [0.25, 0.3) is 5.91 Å². The molecule has 1 aromatic carbocycles. The van der Waals surface area contributed by atoms with Gasteiger partial charge in [0.1, 0.15) is 11.9 Å². The van der Waals surface area contributed by atoms with Crippen LogP contribution in [0.1, 0.15) is 46.3 Å². The Balaban J connectivity index is 1.63. The molecular weight excluding hydrogens is 461 g/mol. The highest BCUT2D eigenvalue weighted by atomic mass is 32.1. The van der Waals surface area contributed by atoms with E-state index in [1.54, 1.807) is 29.6 Å². The normalized spacial score (nSPS) is 14.6. The number of nitrogens with one attached hydrogen (secondary N) is 2. The molecule has 0 aliphatic heterocycles. The summed E-state index contributed by atoms with van der Waals surface area (Å²) in [5, 5.41) is 9.29. The Bertz CT molecular complexity index is 1100. The predicted molar refractivity (Wildman–Crippen MR) is 128 cm³/mol. The first kappa shape index (κ1) is 23.1. The van der Waals surface area contributed by atoms with Gasteiger partial charge in [-0.15, -0.1) is 22.7 Å². The standard InChI is InChI=1S/C24H24FN3O3S2/c25-16-6-3-9-18(14-16)28(21(29)15-26-23(30)20-11-5-13-33-20)22(19-10-4-12-32-19)24(31)27-17-7-1-2-8-17/h3-6,9-14,17,22H,1-2,7-8,15H2,(H,26,30)(H,27,31)/t22-/m0/s1. The molecule has 0 spiro atoms. The Hall–Kier alpha value is -3.04. The lowest BCUT2D eigenvalue weighted by atomic mass is 10.1. The van der Waals surface area contributed by atoms with Gasteiger partial charge in [0.2, 0.25) is 11.8 Å². The number of carbonyl (C=O) groups is 3. The van der Waals surface area contributed by atoms with Gasteiger partial charge in [0.05, 0.1) is 11.4 Å². The van der Waals surface area contributed by atoms with Crippen LogP contribution in [0.4, 0.5) is 10.1 Å². The quantitative estimate of drug-likeness (QED) is 0.493. The van der Waals surface area contributed by atoms with Crippen LogP contribution in [0.2, 0.25) is 0 Å². The van der Waals surface area contributed by atoms with E-state index in [1.807, 2.05) is 11.4 Å². The highest BCUT2D eigenvalue weighted by Crippen LogP contribution is 2.32. The van der Waals surface area contributed by atoms with Crippen LogP contribution in [0.25, 0.3) is 0 Å². The monoisotopic (exact) mass is 485 g/mol. The summed E-state index contributed by atoms with van der Waals surface area (Å²) in [6.45, 7) is -0.328. The molecule has 0 unspecified atom stereocenters. The highest BCUT2D eigenvalue weighted by molar-refractivity contribution is 7.12. The molecule has 3 amide bonds. The molecule has 2 aromatic heterocycles. The number of amides is 3. The predicted octanol–water partition coefficient (Wildman–Crippen LogP) is 4.51. The van der Waals surface area contributed by atoms with Crippen LogP contribution in [-0.2, 0) is 9.59 Å². The zero-order chi connectivity index (χ0) is 23.2. The first-order chi connectivity index (χ1) is 16.0. The summed E-state index contributed by atoms with van der Waals surface area (Å²) in [6, 6.07) is 11.7. The van der Waals surface area contributed by atoms with Crippen molar-refractivity contribution in [3.8, 4) is 0 Å². The van der Waals surface area contributed by atoms with Crippen LogP contribution in [0, 0.1) is 5.82 Å². The lowest BCUT2D eigenvalue weighted by Gasteiger charge is -2.31. The van der Waals surface area contributed by atoms with Crippen LogP contribution in [0.3, 0.4) is 0 Å². The maximum atomic E-state index is 14.1. The first-order valence-corrected chi connectivity index (χ1v) is 12.5. The Morgan fingerprint density at radius 2 is 1.79 bits per heavy atom. The average molecular weight is 486 g/mol. The number of hydrogen-bond donors (Lipinski definition) is 2. The molecule has 4 rings (SSSR count). The van der Waals surface area contributed by atoms with Crippen LogP contribution < -0.4 is 15.5 Å². The van der Waals surface area contributed by atoms with Gasteiger partial charge in [-0.25, -0.2) is 4.39 Å². The number of hydrogen-bond acceptors (Lipinski definition) is 5. The molecule has 3 aromatic rings. The van der Waals surface area contributed by atoms with Crippen molar-refractivity contribution in [2.75, 3.05) is 11.4 Å². The Kier molecular flexibility index (Phi) is 7.51. The second-order valence-electron chi connectivity index (χ2n) is 7.81. The number of benzene rings is 1. The second-order valence-corrected chi connectivity index (χ2v) is 9.74. The maximum absolute atomic E-state index is 14.1. The number of rotatable bonds is 8. The number of thiophene rings is 2. The van der Waals surface area contributed by atoms with Crippen molar-refractivity contribution in [1.82, 2.24) is 10.6 Å². The summed E-state index contributed by atoms with van der Waals surface area (Å²) in [5.41, 5.74) is 0.255. The fraction of sp³-hybridized carbons (Fsp3) is 0.292. The SMILES string of the molecule is O=C(NCC(=O)N(c1cccc(F)c1)[C@H](C(=O)NC1CCCC1)c1cccs1)c1cccs1.